The van der Waals surface area contributed by atoms with Gasteiger partial charge in [0.25, 0.3) is 0 Å². The zero-order valence-electron chi connectivity index (χ0n) is 6.70. The van der Waals surface area contributed by atoms with Crippen molar-refractivity contribution < 1.29 is 4.79 Å². The van der Waals surface area contributed by atoms with E-state index in [-0.39, 0.29) is 4.58 Å². The van der Waals surface area contributed by atoms with E-state index in [1.165, 1.54) is 0 Å². The first-order chi connectivity index (χ1) is 4.90. The van der Waals surface area contributed by atoms with Gasteiger partial charge in [-0.3, -0.25) is 4.79 Å². The van der Waals surface area contributed by atoms with Crippen LogP contribution < -0.4 is 11.5 Å². The van der Waals surface area contributed by atoms with E-state index in [0.29, 0.717) is 6.42 Å². The van der Waals surface area contributed by atoms with Crippen molar-refractivity contribution in [2.75, 3.05) is 6.26 Å². The SMILES string of the molecule is CSC(S)C[C@](C)(N)C(N)=O. The van der Waals surface area contributed by atoms with Crippen molar-refractivity contribution in [3.05, 3.63) is 0 Å². The maximum Gasteiger partial charge on any atom is 0.237 e. The van der Waals surface area contributed by atoms with Gasteiger partial charge in [0, 0.05) is 4.58 Å². The molecule has 0 aliphatic carbocycles. The number of rotatable bonds is 4. The summed E-state index contributed by atoms with van der Waals surface area (Å²) in [6, 6.07) is 0. The van der Waals surface area contributed by atoms with E-state index in [9.17, 15) is 4.79 Å². The summed E-state index contributed by atoms with van der Waals surface area (Å²) < 4.78 is 0.0671. The highest BCUT2D eigenvalue weighted by Gasteiger charge is 2.27. The Kier molecular flexibility index (Phi) is 4.28. The van der Waals surface area contributed by atoms with Crippen LogP contribution in [0.25, 0.3) is 0 Å². The molecule has 11 heavy (non-hydrogen) atoms. The molecular weight excluding hydrogens is 180 g/mol. The van der Waals surface area contributed by atoms with Gasteiger partial charge in [-0.15, -0.1) is 0 Å². The first kappa shape index (κ1) is 11.1. The van der Waals surface area contributed by atoms with Crippen LogP contribution in [0.15, 0.2) is 0 Å². The second kappa shape index (κ2) is 4.23. The van der Waals surface area contributed by atoms with Gasteiger partial charge in [-0.1, -0.05) is 0 Å². The first-order valence-corrected chi connectivity index (χ1v) is 5.00. The molecule has 1 unspecified atom stereocenters. The molecule has 0 saturated heterocycles. The van der Waals surface area contributed by atoms with Crippen molar-refractivity contribution in [2.24, 2.45) is 11.5 Å². The molecule has 0 bridgehead atoms. The largest absolute Gasteiger partial charge is 0.368 e. The molecule has 0 aromatic heterocycles. The highest BCUT2D eigenvalue weighted by molar-refractivity contribution is 8.09. The van der Waals surface area contributed by atoms with Crippen LogP contribution in [-0.4, -0.2) is 22.3 Å². The van der Waals surface area contributed by atoms with Gasteiger partial charge in [-0.05, 0) is 19.6 Å². The lowest BCUT2D eigenvalue weighted by molar-refractivity contribution is -0.122. The zero-order chi connectivity index (χ0) is 9.07. The minimum atomic E-state index is -0.935. The maximum absolute atomic E-state index is 10.7. The fourth-order valence-corrected chi connectivity index (χ4v) is 1.44. The van der Waals surface area contributed by atoms with Crippen molar-refractivity contribution in [2.45, 2.75) is 23.5 Å². The van der Waals surface area contributed by atoms with Gasteiger partial charge in [0.1, 0.15) is 0 Å². The Morgan fingerprint density at radius 1 is 1.82 bits per heavy atom. The van der Waals surface area contributed by atoms with Crippen molar-refractivity contribution in [1.82, 2.24) is 0 Å². The summed E-state index contributed by atoms with van der Waals surface area (Å²) in [5, 5.41) is 0. The van der Waals surface area contributed by atoms with Crippen molar-refractivity contribution in [3.63, 3.8) is 0 Å². The number of primary amides is 1. The molecular formula is C6H14N2OS2. The number of thiol groups is 1. The third-order valence-electron chi connectivity index (χ3n) is 1.43. The predicted octanol–water partition coefficient (Wildman–Crippen LogP) is 0.198. The van der Waals surface area contributed by atoms with Crippen LogP contribution in [0.1, 0.15) is 13.3 Å². The monoisotopic (exact) mass is 194 g/mol. The minimum Gasteiger partial charge on any atom is -0.368 e. The molecule has 0 aliphatic heterocycles. The third-order valence-corrected chi connectivity index (χ3v) is 2.96. The van der Waals surface area contributed by atoms with Crippen molar-refractivity contribution in [3.8, 4) is 0 Å². The van der Waals surface area contributed by atoms with Crippen molar-refractivity contribution in [1.29, 1.82) is 0 Å². The second-order valence-electron chi connectivity index (χ2n) is 2.68. The van der Waals surface area contributed by atoms with Gasteiger partial charge in [0.15, 0.2) is 0 Å². The van der Waals surface area contributed by atoms with Crippen LogP contribution in [0.3, 0.4) is 0 Å². The molecule has 0 saturated carbocycles. The molecule has 0 spiro atoms. The van der Waals surface area contributed by atoms with Gasteiger partial charge in [-0.25, -0.2) is 0 Å². The fraction of sp³-hybridized carbons (Fsp3) is 0.833. The highest BCUT2D eigenvalue weighted by atomic mass is 32.2. The van der Waals surface area contributed by atoms with Gasteiger partial charge >= 0.3 is 0 Å². The molecule has 0 heterocycles. The predicted molar refractivity (Wildman–Crippen MR) is 52.7 cm³/mol. The summed E-state index contributed by atoms with van der Waals surface area (Å²) in [4.78, 5) is 10.7. The summed E-state index contributed by atoms with van der Waals surface area (Å²) in [6.45, 7) is 1.62. The average Bonchev–Trinajstić information content (AvgIpc) is 1.86. The van der Waals surface area contributed by atoms with E-state index in [1.54, 1.807) is 18.7 Å². The number of carbonyl (C=O) groups excluding carboxylic acids is 1. The standard InChI is InChI=1S/C6H14N2OS2/c1-6(8,5(7)9)3-4(10)11-2/h4,10H,3,8H2,1-2H3,(H2,7,9)/t4?,6-/m0/s1. The Morgan fingerprint density at radius 2 is 2.27 bits per heavy atom. The molecule has 3 nitrogen and oxygen atoms in total. The minimum absolute atomic E-state index is 0.0671. The molecule has 66 valence electrons. The highest BCUT2D eigenvalue weighted by Crippen LogP contribution is 2.20. The Morgan fingerprint density at radius 3 is 2.55 bits per heavy atom. The Labute approximate surface area is 76.7 Å². The summed E-state index contributed by atoms with van der Waals surface area (Å²) in [6.07, 6.45) is 2.40. The van der Waals surface area contributed by atoms with Gasteiger partial charge in [0.05, 0.1) is 5.54 Å². The van der Waals surface area contributed by atoms with E-state index in [0.717, 1.165) is 0 Å². The molecule has 2 atom stereocenters. The number of amides is 1. The van der Waals surface area contributed by atoms with Gasteiger partial charge < -0.3 is 11.5 Å². The van der Waals surface area contributed by atoms with Crippen LogP contribution in [0.5, 0.6) is 0 Å². The summed E-state index contributed by atoms with van der Waals surface area (Å²) in [5.74, 6) is -0.481. The molecule has 0 aliphatic rings. The lowest BCUT2D eigenvalue weighted by Gasteiger charge is -2.22. The molecule has 0 rings (SSSR count). The van der Waals surface area contributed by atoms with E-state index in [1.807, 2.05) is 6.26 Å². The maximum atomic E-state index is 10.7. The van der Waals surface area contributed by atoms with Crippen molar-refractivity contribution >= 4 is 30.3 Å². The number of thioether (sulfide) groups is 1. The molecule has 0 fully saturated rings. The average molecular weight is 194 g/mol. The second-order valence-corrected chi connectivity index (χ2v) is 4.69. The first-order valence-electron chi connectivity index (χ1n) is 3.20. The summed E-state index contributed by atoms with van der Waals surface area (Å²) in [7, 11) is 0. The number of nitrogens with two attached hydrogens (primary N) is 2. The quantitative estimate of drug-likeness (QED) is 0.442. The Hall–Kier alpha value is 0.130. The summed E-state index contributed by atoms with van der Waals surface area (Å²) >= 11 is 5.74. The third kappa shape index (κ3) is 3.88. The lowest BCUT2D eigenvalue weighted by atomic mass is 10.00. The fourth-order valence-electron chi connectivity index (χ4n) is 0.547. The molecule has 1 amide bonds. The normalized spacial score (nSPS) is 18.9. The van der Waals surface area contributed by atoms with E-state index >= 15 is 0 Å². The number of hydrogen-bond donors (Lipinski definition) is 3. The van der Waals surface area contributed by atoms with Gasteiger partial charge in [0.2, 0.25) is 5.91 Å². The summed E-state index contributed by atoms with van der Waals surface area (Å²) in [5.41, 5.74) is 9.73. The van der Waals surface area contributed by atoms with Gasteiger partial charge in [-0.2, -0.15) is 24.4 Å². The molecule has 0 aromatic carbocycles. The van der Waals surface area contributed by atoms with Crippen LogP contribution in [0.4, 0.5) is 0 Å². The topological polar surface area (TPSA) is 69.1 Å². The molecule has 4 N–H and O–H groups in total. The molecule has 0 radical (unpaired) electrons. The van der Waals surface area contributed by atoms with Crippen LogP contribution in [0, 0.1) is 0 Å². The lowest BCUT2D eigenvalue weighted by Crippen LogP contribution is -2.50. The number of hydrogen-bond acceptors (Lipinski definition) is 4. The molecule has 5 heteroatoms. The van der Waals surface area contributed by atoms with E-state index < -0.39 is 11.4 Å². The van der Waals surface area contributed by atoms with E-state index in [2.05, 4.69) is 12.6 Å². The Bertz CT molecular complexity index is 150. The van der Waals surface area contributed by atoms with E-state index in [4.69, 9.17) is 11.5 Å². The van der Waals surface area contributed by atoms with Crippen LogP contribution in [-0.2, 0) is 4.79 Å². The smallest absolute Gasteiger partial charge is 0.237 e. The van der Waals surface area contributed by atoms with Crippen LogP contribution in [0.2, 0.25) is 0 Å². The van der Waals surface area contributed by atoms with Crippen LogP contribution >= 0.6 is 24.4 Å². The number of carbonyl (C=O) groups is 1. The Balaban J connectivity index is 4.01. The zero-order valence-corrected chi connectivity index (χ0v) is 8.41. The molecule has 0 aromatic rings.